The smallest absolute Gasteiger partial charge is 0.262 e. The Morgan fingerprint density at radius 3 is 2.55 bits per heavy atom. The summed E-state index contributed by atoms with van der Waals surface area (Å²) in [6, 6.07) is 25.0. The fraction of sp³-hybridized carbons (Fsp3) is 0.0385. The van der Waals surface area contributed by atoms with Crippen LogP contribution in [0.25, 0.3) is 11.1 Å². The Kier molecular flexibility index (Phi) is 4.64. The summed E-state index contributed by atoms with van der Waals surface area (Å²) in [4.78, 5) is 13.0. The number of halogens is 1. The highest BCUT2D eigenvalue weighted by Crippen LogP contribution is 2.38. The van der Waals surface area contributed by atoms with Crippen LogP contribution < -0.4 is 15.8 Å². The van der Waals surface area contributed by atoms with E-state index in [-0.39, 0.29) is 11.3 Å². The second kappa shape index (κ2) is 7.61. The molecule has 0 bridgehead atoms. The number of benzene rings is 4. The highest BCUT2D eigenvalue weighted by Gasteiger charge is 2.21. The molecule has 0 radical (unpaired) electrons. The second-order valence-electron chi connectivity index (χ2n) is 7.45. The number of nitrogens with two attached hydrogens (primary N) is 1. The van der Waals surface area contributed by atoms with Crippen LogP contribution in [0.3, 0.4) is 0 Å². The Hall–Kier alpha value is -4.12. The molecule has 0 saturated heterocycles. The number of hydrogen-bond acceptors (Lipinski definition) is 3. The summed E-state index contributed by atoms with van der Waals surface area (Å²) in [5, 5.41) is 2.81. The molecular weight excluding hydrogens is 391 g/mol. The lowest BCUT2D eigenvalue weighted by molar-refractivity contribution is 0.102. The van der Waals surface area contributed by atoms with E-state index < -0.39 is 11.7 Å². The lowest BCUT2D eigenvalue weighted by Gasteiger charge is -2.13. The number of nitrogens with one attached hydrogen (secondary N) is 1. The van der Waals surface area contributed by atoms with Gasteiger partial charge in [0.1, 0.15) is 22.9 Å². The van der Waals surface area contributed by atoms with Crippen molar-refractivity contribution in [3.63, 3.8) is 0 Å². The van der Waals surface area contributed by atoms with Gasteiger partial charge < -0.3 is 15.8 Å². The third-order valence-corrected chi connectivity index (χ3v) is 5.34. The van der Waals surface area contributed by atoms with E-state index in [4.69, 9.17) is 10.5 Å². The van der Waals surface area contributed by atoms with Crippen molar-refractivity contribution in [1.29, 1.82) is 0 Å². The molecule has 0 aliphatic heterocycles. The van der Waals surface area contributed by atoms with E-state index in [1.165, 1.54) is 23.3 Å². The van der Waals surface area contributed by atoms with Crippen LogP contribution in [0.1, 0.15) is 21.5 Å². The highest BCUT2D eigenvalue weighted by atomic mass is 19.1. The molecule has 1 aliphatic carbocycles. The van der Waals surface area contributed by atoms with Gasteiger partial charge in [0.15, 0.2) is 0 Å². The van der Waals surface area contributed by atoms with Gasteiger partial charge in [-0.05, 0) is 65.1 Å². The zero-order valence-electron chi connectivity index (χ0n) is 16.6. The van der Waals surface area contributed by atoms with E-state index in [0.29, 0.717) is 17.1 Å². The molecule has 0 unspecified atom stereocenters. The monoisotopic (exact) mass is 410 g/mol. The predicted octanol–water partition coefficient (Wildman–Crippen LogP) is 6.02. The Morgan fingerprint density at radius 1 is 0.871 bits per heavy atom. The van der Waals surface area contributed by atoms with Gasteiger partial charge in [0.2, 0.25) is 0 Å². The molecule has 4 aromatic carbocycles. The van der Waals surface area contributed by atoms with Gasteiger partial charge in [0.25, 0.3) is 5.91 Å². The summed E-state index contributed by atoms with van der Waals surface area (Å²) >= 11 is 0. The average molecular weight is 410 g/mol. The maximum atomic E-state index is 14.6. The zero-order chi connectivity index (χ0) is 21.4. The molecule has 152 valence electrons. The van der Waals surface area contributed by atoms with Crippen molar-refractivity contribution in [2.45, 2.75) is 6.42 Å². The molecule has 31 heavy (non-hydrogen) atoms. The van der Waals surface area contributed by atoms with E-state index in [1.54, 1.807) is 30.3 Å². The van der Waals surface area contributed by atoms with Crippen molar-refractivity contribution in [3.05, 3.63) is 107 Å². The van der Waals surface area contributed by atoms with Gasteiger partial charge in [0.05, 0.1) is 0 Å². The van der Waals surface area contributed by atoms with Crippen LogP contribution in [-0.2, 0) is 6.42 Å². The summed E-state index contributed by atoms with van der Waals surface area (Å²) < 4.78 is 20.4. The molecule has 0 saturated carbocycles. The van der Waals surface area contributed by atoms with Gasteiger partial charge >= 0.3 is 0 Å². The maximum absolute atomic E-state index is 14.6. The number of rotatable bonds is 4. The van der Waals surface area contributed by atoms with E-state index in [2.05, 4.69) is 17.4 Å². The molecule has 0 spiro atoms. The van der Waals surface area contributed by atoms with Crippen molar-refractivity contribution < 1.29 is 13.9 Å². The quantitative estimate of drug-likeness (QED) is 0.356. The summed E-state index contributed by atoms with van der Waals surface area (Å²) in [6.07, 6.45) is 0.804. The van der Waals surface area contributed by atoms with Gasteiger partial charge in [0, 0.05) is 17.4 Å². The zero-order valence-corrected chi connectivity index (χ0v) is 16.6. The molecule has 4 nitrogen and oxygen atoms in total. The Bertz CT molecular complexity index is 1320. The minimum absolute atomic E-state index is 0.122. The first-order valence-electron chi connectivity index (χ1n) is 9.93. The van der Waals surface area contributed by atoms with E-state index in [9.17, 15) is 9.18 Å². The van der Waals surface area contributed by atoms with Crippen LogP contribution in [0.2, 0.25) is 0 Å². The van der Waals surface area contributed by atoms with Gasteiger partial charge in [-0.2, -0.15) is 0 Å². The molecule has 1 amide bonds. The number of amides is 1. The fourth-order valence-corrected chi connectivity index (χ4v) is 3.93. The molecule has 0 heterocycles. The van der Waals surface area contributed by atoms with Crippen molar-refractivity contribution >= 4 is 17.3 Å². The number of carbonyl (C=O) groups excluding carboxylic acids is 1. The van der Waals surface area contributed by atoms with Gasteiger partial charge in [-0.3, -0.25) is 4.79 Å². The Balaban J connectivity index is 1.42. The summed E-state index contributed by atoms with van der Waals surface area (Å²) in [5.41, 5.74) is 11.5. The van der Waals surface area contributed by atoms with Gasteiger partial charge in [-0.25, -0.2) is 4.39 Å². The first kappa shape index (κ1) is 18.9. The number of anilines is 2. The van der Waals surface area contributed by atoms with Crippen molar-refractivity contribution in [2.24, 2.45) is 0 Å². The highest BCUT2D eigenvalue weighted by molar-refractivity contribution is 6.06. The molecule has 4 aromatic rings. The number of fused-ring (bicyclic) bond motifs is 3. The van der Waals surface area contributed by atoms with Crippen molar-refractivity contribution in [2.75, 3.05) is 11.1 Å². The molecule has 1 aliphatic rings. The van der Waals surface area contributed by atoms with Crippen LogP contribution in [0, 0.1) is 5.82 Å². The molecule has 0 atom stereocenters. The molecule has 0 fully saturated rings. The standard InChI is InChI=1S/C26H19FN2O2/c27-23-9-4-10-24(31-20-7-3-6-18(28)15-20)25(23)26(30)29-19-11-12-22-17(14-19)13-16-5-1-2-8-21(16)22/h1-12,14-15H,13,28H2,(H,29,30). The van der Waals surface area contributed by atoms with Crippen LogP contribution in [-0.4, -0.2) is 5.91 Å². The van der Waals surface area contributed by atoms with Crippen molar-refractivity contribution in [1.82, 2.24) is 0 Å². The molecular formula is C26H19FN2O2. The minimum Gasteiger partial charge on any atom is -0.456 e. The van der Waals surface area contributed by atoms with Crippen LogP contribution >= 0.6 is 0 Å². The fourth-order valence-electron chi connectivity index (χ4n) is 3.93. The third kappa shape index (κ3) is 3.62. The molecule has 5 rings (SSSR count). The summed E-state index contributed by atoms with van der Waals surface area (Å²) in [5.74, 6) is -0.688. The van der Waals surface area contributed by atoms with Crippen LogP contribution in [0.4, 0.5) is 15.8 Å². The number of ether oxygens (including phenoxy) is 1. The van der Waals surface area contributed by atoms with Crippen LogP contribution in [0.5, 0.6) is 11.5 Å². The summed E-state index contributed by atoms with van der Waals surface area (Å²) in [6.45, 7) is 0. The predicted molar refractivity (Wildman–Crippen MR) is 120 cm³/mol. The SMILES string of the molecule is Nc1cccc(Oc2cccc(F)c2C(=O)Nc2ccc3c(c2)Cc2ccccc2-3)c1. The number of hydrogen-bond donors (Lipinski definition) is 2. The van der Waals surface area contributed by atoms with Gasteiger partial charge in [-0.15, -0.1) is 0 Å². The van der Waals surface area contributed by atoms with Gasteiger partial charge in [-0.1, -0.05) is 42.5 Å². The minimum atomic E-state index is -0.660. The van der Waals surface area contributed by atoms with E-state index in [1.807, 2.05) is 30.3 Å². The third-order valence-electron chi connectivity index (χ3n) is 5.34. The lowest BCUT2D eigenvalue weighted by Crippen LogP contribution is -2.15. The molecule has 5 heteroatoms. The second-order valence-corrected chi connectivity index (χ2v) is 7.45. The largest absolute Gasteiger partial charge is 0.456 e. The van der Waals surface area contributed by atoms with E-state index in [0.717, 1.165) is 17.5 Å². The first-order chi connectivity index (χ1) is 15.1. The topological polar surface area (TPSA) is 64.3 Å². The molecule has 0 aromatic heterocycles. The maximum Gasteiger partial charge on any atom is 0.262 e. The molecule has 3 N–H and O–H groups in total. The lowest BCUT2D eigenvalue weighted by atomic mass is 10.1. The average Bonchev–Trinajstić information content (AvgIpc) is 3.11. The summed E-state index contributed by atoms with van der Waals surface area (Å²) in [7, 11) is 0. The van der Waals surface area contributed by atoms with E-state index >= 15 is 0 Å². The normalized spacial score (nSPS) is 11.5. The first-order valence-corrected chi connectivity index (χ1v) is 9.93. The Labute approximate surface area is 179 Å². The Morgan fingerprint density at radius 2 is 1.68 bits per heavy atom. The van der Waals surface area contributed by atoms with Crippen molar-refractivity contribution in [3.8, 4) is 22.6 Å². The van der Waals surface area contributed by atoms with Crippen LogP contribution in [0.15, 0.2) is 84.9 Å². The number of carbonyl (C=O) groups is 1. The number of nitrogen functional groups attached to an aromatic ring is 1.